The van der Waals surface area contributed by atoms with Crippen molar-refractivity contribution in [1.29, 1.82) is 0 Å². The smallest absolute Gasteiger partial charge is 0.387 e. The summed E-state index contributed by atoms with van der Waals surface area (Å²) >= 11 is 6.22. The molecule has 1 aliphatic heterocycles. The minimum absolute atomic E-state index is 0.276. The molecule has 3 rings (SSSR count). The van der Waals surface area contributed by atoms with Crippen molar-refractivity contribution in [2.24, 2.45) is 0 Å². The highest BCUT2D eigenvalue weighted by atomic mass is 35.6. The maximum absolute atomic E-state index is 13.9. The van der Waals surface area contributed by atoms with Crippen molar-refractivity contribution < 1.29 is 22.3 Å². The molecule has 0 saturated carbocycles. The van der Waals surface area contributed by atoms with Crippen LogP contribution in [0.4, 0.5) is 17.6 Å². The lowest BCUT2D eigenvalue weighted by Gasteiger charge is -2.24. The number of ether oxygens (including phenoxy) is 1. The number of hydrogen-bond acceptors (Lipinski definition) is 1. The quantitative estimate of drug-likeness (QED) is 0.338. The number of halogens is 5. The minimum Gasteiger partial charge on any atom is -0.429 e. The Hall–Kier alpha value is -1.53. The van der Waals surface area contributed by atoms with E-state index in [2.05, 4.69) is 4.74 Å². The van der Waals surface area contributed by atoms with E-state index in [4.69, 9.17) is 11.1 Å². The molecular weight excluding hydrogens is 372 g/mol. The van der Waals surface area contributed by atoms with Gasteiger partial charge in [-0.25, -0.2) is 8.78 Å². The van der Waals surface area contributed by atoms with Crippen LogP contribution in [0.25, 0.3) is 11.1 Å². The molecule has 133 valence electrons. The summed E-state index contributed by atoms with van der Waals surface area (Å²) in [4.78, 5) is 0. The number of alkyl halides is 2. The van der Waals surface area contributed by atoms with Gasteiger partial charge in [0.25, 0.3) is 0 Å². The lowest BCUT2D eigenvalue weighted by Crippen LogP contribution is -2.14. The van der Waals surface area contributed by atoms with E-state index in [1.165, 1.54) is 5.56 Å². The molecule has 0 bridgehead atoms. The van der Waals surface area contributed by atoms with Crippen molar-refractivity contribution in [3.05, 3.63) is 53.6 Å². The van der Waals surface area contributed by atoms with E-state index in [9.17, 15) is 17.6 Å². The largest absolute Gasteiger partial charge is 0.429 e. The Kier molecular flexibility index (Phi) is 5.69. The average molecular weight is 388 g/mol. The molecule has 2 aromatic rings. The lowest BCUT2D eigenvalue weighted by molar-refractivity contribution is -0.0546. The third-order valence-electron chi connectivity index (χ3n) is 4.45. The summed E-state index contributed by atoms with van der Waals surface area (Å²) in [6.07, 6.45) is 2.14. The third kappa shape index (κ3) is 4.36. The predicted molar refractivity (Wildman–Crippen MR) is 91.6 cm³/mol. The number of benzene rings is 2. The summed E-state index contributed by atoms with van der Waals surface area (Å²) in [7, 11) is -0.682. The van der Waals surface area contributed by atoms with Crippen LogP contribution >= 0.6 is 11.1 Å². The SMILES string of the molecule is Fc1cc(-c2ccc(C3CC[Si](Cl)CC3)cc2)cc(F)c1OC(F)F. The van der Waals surface area contributed by atoms with Crippen LogP contribution in [0.15, 0.2) is 36.4 Å². The van der Waals surface area contributed by atoms with Gasteiger partial charge in [0.2, 0.25) is 0 Å². The highest BCUT2D eigenvalue weighted by Gasteiger charge is 2.22. The van der Waals surface area contributed by atoms with Crippen LogP contribution in [-0.4, -0.2) is 14.7 Å². The van der Waals surface area contributed by atoms with Gasteiger partial charge in [0.05, 0.1) is 0 Å². The van der Waals surface area contributed by atoms with Gasteiger partial charge in [-0.3, -0.25) is 0 Å². The van der Waals surface area contributed by atoms with Crippen LogP contribution in [0.1, 0.15) is 24.3 Å². The van der Waals surface area contributed by atoms with Gasteiger partial charge < -0.3 is 4.74 Å². The van der Waals surface area contributed by atoms with E-state index in [0.717, 1.165) is 37.1 Å². The molecule has 25 heavy (non-hydrogen) atoms. The summed E-state index contributed by atoms with van der Waals surface area (Å²) in [5, 5.41) is 0. The Morgan fingerprint density at radius 1 is 0.960 bits per heavy atom. The zero-order chi connectivity index (χ0) is 18.0. The zero-order valence-corrected chi connectivity index (χ0v) is 15.0. The molecule has 0 aliphatic carbocycles. The molecule has 1 radical (unpaired) electrons. The summed E-state index contributed by atoms with van der Waals surface area (Å²) in [6, 6.07) is 11.6. The standard InChI is InChI=1S/C18H16ClF4OSi/c19-25-7-5-13(6-8-25)11-1-3-12(4-2-11)14-9-15(20)17(16(21)10-14)24-18(22)23/h1-4,9-10,13,18H,5-8H2. The second-order valence-electron chi connectivity index (χ2n) is 6.06. The Balaban J connectivity index is 1.80. The van der Waals surface area contributed by atoms with Crippen molar-refractivity contribution >= 4 is 19.2 Å². The number of rotatable bonds is 4. The summed E-state index contributed by atoms with van der Waals surface area (Å²) in [5.41, 5.74) is 2.08. The fraction of sp³-hybridized carbons (Fsp3) is 0.333. The minimum atomic E-state index is -3.28. The van der Waals surface area contributed by atoms with Crippen LogP contribution in [0.5, 0.6) is 5.75 Å². The van der Waals surface area contributed by atoms with Crippen LogP contribution in [0.2, 0.25) is 12.1 Å². The second kappa shape index (κ2) is 7.79. The van der Waals surface area contributed by atoms with E-state index in [1.807, 2.05) is 12.1 Å². The molecule has 1 nitrogen and oxygen atoms in total. The molecule has 7 heteroatoms. The molecule has 0 spiro atoms. The normalized spacial score (nSPS) is 16.4. The molecule has 1 aliphatic rings. The first-order valence-corrected chi connectivity index (χ1v) is 10.9. The van der Waals surface area contributed by atoms with E-state index < -0.39 is 32.1 Å². The van der Waals surface area contributed by atoms with Gasteiger partial charge >= 0.3 is 6.61 Å². The second-order valence-corrected chi connectivity index (χ2v) is 9.70. The fourth-order valence-electron chi connectivity index (χ4n) is 3.14. The first-order chi connectivity index (χ1) is 11.9. The maximum Gasteiger partial charge on any atom is 0.387 e. The van der Waals surface area contributed by atoms with E-state index in [1.54, 1.807) is 12.1 Å². The van der Waals surface area contributed by atoms with Gasteiger partial charge in [-0.05, 0) is 59.7 Å². The van der Waals surface area contributed by atoms with Crippen LogP contribution < -0.4 is 4.74 Å². The van der Waals surface area contributed by atoms with E-state index in [0.29, 0.717) is 11.5 Å². The molecule has 0 atom stereocenters. The molecule has 0 unspecified atom stereocenters. The highest BCUT2D eigenvalue weighted by molar-refractivity contribution is 7.07. The molecule has 0 amide bonds. The first-order valence-electron chi connectivity index (χ1n) is 7.98. The van der Waals surface area contributed by atoms with Crippen molar-refractivity contribution in [1.82, 2.24) is 0 Å². The Morgan fingerprint density at radius 2 is 1.52 bits per heavy atom. The van der Waals surface area contributed by atoms with Gasteiger partial charge in [0, 0.05) is 0 Å². The Labute approximate surface area is 149 Å². The molecular formula is C18H16ClF4OSi. The van der Waals surface area contributed by atoms with Gasteiger partial charge in [0.1, 0.15) is 0 Å². The van der Waals surface area contributed by atoms with Gasteiger partial charge in [-0.1, -0.05) is 24.3 Å². The van der Waals surface area contributed by atoms with E-state index in [-0.39, 0.29) is 5.56 Å². The van der Waals surface area contributed by atoms with Crippen molar-refractivity contribution in [2.75, 3.05) is 0 Å². The Bertz CT molecular complexity index is 707. The molecule has 2 aromatic carbocycles. The Morgan fingerprint density at radius 3 is 2.04 bits per heavy atom. The summed E-state index contributed by atoms with van der Waals surface area (Å²) in [5.74, 6) is -2.89. The summed E-state index contributed by atoms with van der Waals surface area (Å²) in [6.45, 7) is -3.28. The molecule has 1 fully saturated rings. The first kappa shape index (κ1) is 18.3. The molecule has 1 heterocycles. The molecule has 0 N–H and O–H groups in total. The topological polar surface area (TPSA) is 9.23 Å². The van der Waals surface area contributed by atoms with Crippen LogP contribution in [-0.2, 0) is 0 Å². The zero-order valence-electron chi connectivity index (χ0n) is 13.2. The van der Waals surface area contributed by atoms with Crippen LogP contribution in [0, 0.1) is 11.6 Å². The molecule has 0 aromatic heterocycles. The molecule has 1 saturated heterocycles. The van der Waals surface area contributed by atoms with Gasteiger partial charge in [0.15, 0.2) is 25.5 Å². The highest BCUT2D eigenvalue weighted by Crippen LogP contribution is 2.36. The van der Waals surface area contributed by atoms with Crippen molar-refractivity contribution in [3.63, 3.8) is 0 Å². The predicted octanol–water partition coefficient (Wildman–Crippen LogP) is 6.34. The van der Waals surface area contributed by atoms with Gasteiger partial charge in [-0.15, -0.1) is 0 Å². The van der Waals surface area contributed by atoms with Crippen molar-refractivity contribution in [2.45, 2.75) is 37.5 Å². The summed E-state index contributed by atoms with van der Waals surface area (Å²) < 4.78 is 56.0. The lowest BCUT2D eigenvalue weighted by atomic mass is 9.92. The number of hydrogen-bond donors (Lipinski definition) is 0. The van der Waals surface area contributed by atoms with E-state index >= 15 is 0 Å². The maximum atomic E-state index is 13.9. The third-order valence-corrected chi connectivity index (χ3v) is 7.25. The fourth-order valence-corrected chi connectivity index (χ4v) is 5.37. The van der Waals surface area contributed by atoms with Crippen molar-refractivity contribution in [3.8, 4) is 16.9 Å². The monoisotopic (exact) mass is 387 g/mol. The van der Waals surface area contributed by atoms with Crippen LogP contribution in [0.3, 0.4) is 0 Å². The van der Waals surface area contributed by atoms with Gasteiger partial charge in [-0.2, -0.15) is 19.9 Å². The average Bonchev–Trinajstić information content (AvgIpc) is 2.59.